The third kappa shape index (κ3) is 2.41. The summed E-state index contributed by atoms with van der Waals surface area (Å²) in [6, 6.07) is 2.37. The van der Waals surface area contributed by atoms with Crippen molar-refractivity contribution in [1.29, 1.82) is 0 Å². The van der Waals surface area contributed by atoms with Crippen LogP contribution in [0.25, 0.3) is 0 Å². The van der Waals surface area contributed by atoms with Crippen molar-refractivity contribution in [3.63, 3.8) is 0 Å². The summed E-state index contributed by atoms with van der Waals surface area (Å²) in [5.74, 6) is 0.136. The predicted octanol–water partition coefficient (Wildman–Crippen LogP) is -0.0394. The molecule has 2 N–H and O–H groups in total. The number of carbonyl (C=O) groups excluding carboxylic acids is 1. The number of amides is 1. The van der Waals surface area contributed by atoms with Crippen LogP contribution in [-0.2, 0) is 24.8 Å². The van der Waals surface area contributed by atoms with E-state index >= 15 is 0 Å². The second-order valence-electron chi connectivity index (χ2n) is 4.19. The van der Waals surface area contributed by atoms with Gasteiger partial charge in [0.25, 0.3) is 0 Å². The summed E-state index contributed by atoms with van der Waals surface area (Å²) >= 11 is 0. The molecule has 88 valence electrons. The van der Waals surface area contributed by atoms with Gasteiger partial charge >= 0.3 is 0 Å². The molecule has 0 radical (unpaired) electrons. The van der Waals surface area contributed by atoms with E-state index in [0.717, 1.165) is 30.9 Å². The Kier molecular flexibility index (Phi) is 3.24. The highest BCUT2D eigenvalue weighted by Gasteiger charge is 2.20. The van der Waals surface area contributed by atoms with Crippen LogP contribution in [0, 0.1) is 0 Å². The van der Waals surface area contributed by atoms with Crippen molar-refractivity contribution in [3.8, 4) is 0 Å². The largest absolute Gasteiger partial charge is 0.354 e. The van der Waals surface area contributed by atoms with E-state index in [4.69, 9.17) is 0 Å². The zero-order valence-electron chi connectivity index (χ0n) is 9.79. The van der Waals surface area contributed by atoms with Crippen LogP contribution in [0.5, 0.6) is 0 Å². The van der Waals surface area contributed by atoms with Crippen molar-refractivity contribution >= 4 is 5.91 Å². The third-order valence-corrected chi connectivity index (χ3v) is 2.94. The van der Waals surface area contributed by atoms with Crippen molar-refractivity contribution in [2.24, 2.45) is 7.05 Å². The number of rotatable bonds is 4. The van der Waals surface area contributed by atoms with E-state index in [9.17, 15) is 4.79 Å². The van der Waals surface area contributed by atoms with Gasteiger partial charge in [-0.05, 0) is 12.5 Å². The molecule has 1 aliphatic rings. The molecule has 1 amide bonds. The monoisotopic (exact) mass is 222 g/mol. The number of nitrogens with zero attached hydrogens (tertiary/aromatic N) is 2. The summed E-state index contributed by atoms with van der Waals surface area (Å²) in [7, 11) is 1.95. The van der Waals surface area contributed by atoms with E-state index < -0.39 is 0 Å². The van der Waals surface area contributed by atoms with Gasteiger partial charge in [0, 0.05) is 32.6 Å². The quantitative estimate of drug-likeness (QED) is 0.751. The van der Waals surface area contributed by atoms with E-state index in [1.165, 1.54) is 0 Å². The van der Waals surface area contributed by atoms with Gasteiger partial charge in [0.15, 0.2) is 0 Å². The molecular formula is C11H18N4O. The van der Waals surface area contributed by atoms with Crippen LogP contribution in [0.15, 0.2) is 6.07 Å². The van der Waals surface area contributed by atoms with E-state index in [1.54, 1.807) is 0 Å². The topological polar surface area (TPSA) is 58.9 Å². The lowest BCUT2D eigenvalue weighted by Gasteiger charge is -2.09. The molecule has 0 aromatic carbocycles. The van der Waals surface area contributed by atoms with E-state index in [-0.39, 0.29) is 11.9 Å². The molecule has 5 nitrogen and oxygen atoms in total. The Morgan fingerprint density at radius 2 is 2.50 bits per heavy atom. The van der Waals surface area contributed by atoms with Crippen LogP contribution in [0.1, 0.15) is 24.7 Å². The normalized spacial score (nSPS) is 20.1. The predicted molar refractivity (Wildman–Crippen MR) is 60.8 cm³/mol. The van der Waals surface area contributed by atoms with Gasteiger partial charge in [-0.25, -0.2) is 0 Å². The van der Waals surface area contributed by atoms with Gasteiger partial charge in [-0.15, -0.1) is 0 Å². The second-order valence-corrected chi connectivity index (χ2v) is 4.19. The van der Waals surface area contributed by atoms with Crippen LogP contribution in [-0.4, -0.2) is 28.3 Å². The minimum absolute atomic E-state index is 0.136. The van der Waals surface area contributed by atoms with Gasteiger partial charge in [0.1, 0.15) is 0 Å². The highest BCUT2D eigenvalue weighted by Crippen LogP contribution is 2.05. The molecule has 0 spiro atoms. The SMILES string of the molecule is CCc1cc(CNC2CNC(=O)C2)n(C)n1. The van der Waals surface area contributed by atoms with E-state index in [2.05, 4.69) is 28.7 Å². The van der Waals surface area contributed by atoms with Gasteiger partial charge in [-0.1, -0.05) is 6.92 Å². The molecular weight excluding hydrogens is 204 g/mol. The molecule has 2 heterocycles. The molecule has 1 atom stereocenters. The van der Waals surface area contributed by atoms with Crippen molar-refractivity contribution in [2.75, 3.05) is 6.54 Å². The van der Waals surface area contributed by atoms with Crippen molar-refractivity contribution in [2.45, 2.75) is 32.4 Å². The first kappa shape index (κ1) is 11.1. The Morgan fingerprint density at radius 1 is 1.69 bits per heavy atom. The lowest BCUT2D eigenvalue weighted by Crippen LogP contribution is -2.31. The molecule has 1 unspecified atom stereocenters. The average Bonchev–Trinajstić information content (AvgIpc) is 2.82. The molecule has 5 heteroatoms. The van der Waals surface area contributed by atoms with Crippen LogP contribution >= 0.6 is 0 Å². The minimum Gasteiger partial charge on any atom is -0.354 e. The Bertz CT molecular complexity index is 385. The summed E-state index contributed by atoms with van der Waals surface area (Å²) in [5, 5.41) is 10.6. The summed E-state index contributed by atoms with van der Waals surface area (Å²) in [4.78, 5) is 11.0. The number of carbonyl (C=O) groups is 1. The maximum absolute atomic E-state index is 11.0. The summed E-state index contributed by atoms with van der Waals surface area (Å²) < 4.78 is 1.90. The van der Waals surface area contributed by atoms with Crippen molar-refractivity contribution in [3.05, 3.63) is 17.5 Å². The van der Waals surface area contributed by atoms with Crippen molar-refractivity contribution < 1.29 is 4.79 Å². The Balaban J connectivity index is 1.89. The van der Waals surface area contributed by atoms with E-state index in [0.29, 0.717) is 6.42 Å². The minimum atomic E-state index is 0.136. The highest BCUT2D eigenvalue weighted by atomic mass is 16.1. The standard InChI is InChI=1S/C11H18N4O/c1-3-8-4-10(15(2)14-8)7-12-9-5-11(16)13-6-9/h4,9,12H,3,5-7H2,1-2H3,(H,13,16). The smallest absolute Gasteiger partial charge is 0.221 e. The van der Waals surface area contributed by atoms with Gasteiger partial charge in [-0.3, -0.25) is 9.48 Å². The maximum Gasteiger partial charge on any atom is 0.221 e. The zero-order chi connectivity index (χ0) is 11.5. The van der Waals surface area contributed by atoms with Crippen LogP contribution in [0.2, 0.25) is 0 Å². The lowest BCUT2D eigenvalue weighted by atomic mass is 10.2. The summed E-state index contributed by atoms with van der Waals surface area (Å²) in [6.07, 6.45) is 1.54. The van der Waals surface area contributed by atoms with Gasteiger partial charge in [0.2, 0.25) is 5.91 Å². The Hall–Kier alpha value is -1.36. The zero-order valence-corrected chi connectivity index (χ0v) is 9.79. The number of aromatic nitrogens is 2. The first-order valence-corrected chi connectivity index (χ1v) is 5.71. The van der Waals surface area contributed by atoms with Gasteiger partial charge in [-0.2, -0.15) is 5.10 Å². The lowest BCUT2D eigenvalue weighted by molar-refractivity contribution is -0.119. The van der Waals surface area contributed by atoms with Crippen LogP contribution in [0.3, 0.4) is 0 Å². The molecule has 0 bridgehead atoms. The fourth-order valence-electron chi connectivity index (χ4n) is 1.91. The van der Waals surface area contributed by atoms with Crippen molar-refractivity contribution in [1.82, 2.24) is 20.4 Å². The average molecular weight is 222 g/mol. The fraction of sp³-hybridized carbons (Fsp3) is 0.636. The summed E-state index contributed by atoms with van der Waals surface area (Å²) in [5.41, 5.74) is 2.27. The van der Waals surface area contributed by atoms with E-state index in [1.807, 2.05) is 11.7 Å². The summed E-state index contributed by atoms with van der Waals surface area (Å²) in [6.45, 7) is 3.60. The van der Waals surface area contributed by atoms with Crippen LogP contribution in [0.4, 0.5) is 0 Å². The first-order valence-electron chi connectivity index (χ1n) is 5.71. The molecule has 0 aliphatic carbocycles. The number of nitrogens with one attached hydrogen (secondary N) is 2. The number of aryl methyl sites for hydroxylation is 2. The highest BCUT2D eigenvalue weighted by molar-refractivity contribution is 5.78. The fourth-order valence-corrected chi connectivity index (χ4v) is 1.91. The molecule has 16 heavy (non-hydrogen) atoms. The number of hydrogen-bond acceptors (Lipinski definition) is 3. The Labute approximate surface area is 95.2 Å². The van der Waals surface area contributed by atoms with Crippen LogP contribution < -0.4 is 10.6 Å². The Morgan fingerprint density at radius 3 is 3.06 bits per heavy atom. The first-order chi connectivity index (χ1) is 7.69. The molecule has 1 saturated heterocycles. The maximum atomic E-state index is 11.0. The molecule has 2 rings (SSSR count). The van der Waals surface area contributed by atoms with Gasteiger partial charge < -0.3 is 10.6 Å². The molecule has 1 aromatic heterocycles. The van der Waals surface area contributed by atoms with Gasteiger partial charge in [0.05, 0.1) is 11.4 Å². The second kappa shape index (κ2) is 4.65. The molecule has 0 saturated carbocycles. The number of hydrogen-bond donors (Lipinski definition) is 2. The molecule has 1 aromatic rings. The molecule has 1 fully saturated rings. The molecule has 1 aliphatic heterocycles. The third-order valence-electron chi connectivity index (χ3n) is 2.94.